The lowest BCUT2D eigenvalue weighted by Crippen LogP contribution is -2.43. The van der Waals surface area contributed by atoms with Gasteiger partial charge in [0, 0.05) is 24.2 Å². The van der Waals surface area contributed by atoms with Crippen molar-refractivity contribution >= 4 is 17.7 Å². The third kappa shape index (κ3) is 5.56. The minimum atomic E-state index is 0.120. The van der Waals surface area contributed by atoms with Gasteiger partial charge in [0.15, 0.2) is 5.16 Å². The highest BCUT2D eigenvalue weighted by Gasteiger charge is 2.22. The summed E-state index contributed by atoms with van der Waals surface area (Å²) in [6.07, 6.45) is 0.680. The Bertz CT molecular complexity index is 1020. The molecule has 0 aliphatic carbocycles. The average Bonchev–Trinajstić information content (AvgIpc) is 3.11. The SMILES string of the molecule is Cc1ccc(-n2c(Cc3ccccc3)nnc2SCC(=O)N(C(C)C)C(C)C)cc1C. The molecule has 1 aromatic heterocycles. The van der Waals surface area contributed by atoms with Crippen LogP contribution in [0.15, 0.2) is 53.7 Å². The number of carbonyl (C=O) groups is 1. The van der Waals surface area contributed by atoms with Crippen molar-refractivity contribution in [3.05, 3.63) is 71.0 Å². The monoisotopic (exact) mass is 436 g/mol. The molecule has 0 bridgehead atoms. The second kappa shape index (κ2) is 10.1. The minimum Gasteiger partial charge on any atom is -0.337 e. The number of amides is 1. The number of rotatable bonds is 8. The smallest absolute Gasteiger partial charge is 0.233 e. The molecule has 0 radical (unpaired) electrons. The molecule has 0 fully saturated rings. The largest absolute Gasteiger partial charge is 0.337 e. The van der Waals surface area contributed by atoms with Gasteiger partial charge in [-0.3, -0.25) is 9.36 Å². The Labute approximate surface area is 189 Å². The number of aromatic nitrogens is 3. The van der Waals surface area contributed by atoms with E-state index >= 15 is 0 Å². The van der Waals surface area contributed by atoms with Crippen LogP contribution in [0, 0.1) is 13.8 Å². The molecule has 1 heterocycles. The zero-order valence-electron chi connectivity index (χ0n) is 19.3. The van der Waals surface area contributed by atoms with Crippen molar-refractivity contribution in [1.29, 1.82) is 0 Å². The van der Waals surface area contributed by atoms with Crippen molar-refractivity contribution in [3.8, 4) is 5.69 Å². The molecule has 0 aliphatic heterocycles. The van der Waals surface area contributed by atoms with E-state index in [1.165, 1.54) is 28.5 Å². The third-order valence-corrected chi connectivity index (χ3v) is 6.29. The summed E-state index contributed by atoms with van der Waals surface area (Å²) in [6.45, 7) is 12.4. The Hall–Kier alpha value is -2.60. The topological polar surface area (TPSA) is 51.0 Å². The molecule has 0 saturated carbocycles. The fraction of sp³-hybridized carbons (Fsp3) is 0.400. The first kappa shape index (κ1) is 23.1. The van der Waals surface area contributed by atoms with E-state index in [0.717, 1.165) is 16.7 Å². The molecule has 1 amide bonds. The predicted octanol–water partition coefficient (Wildman–Crippen LogP) is 5.21. The Morgan fingerprint density at radius 3 is 2.26 bits per heavy atom. The Morgan fingerprint density at radius 2 is 1.65 bits per heavy atom. The summed E-state index contributed by atoms with van der Waals surface area (Å²) in [4.78, 5) is 14.8. The highest BCUT2D eigenvalue weighted by atomic mass is 32.2. The first-order chi connectivity index (χ1) is 14.8. The van der Waals surface area contributed by atoms with Gasteiger partial charge in [-0.15, -0.1) is 10.2 Å². The van der Waals surface area contributed by atoms with Crippen LogP contribution in [0.1, 0.15) is 50.2 Å². The number of hydrogen-bond donors (Lipinski definition) is 0. The van der Waals surface area contributed by atoms with E-state index in [-0.39, 0.29) is 18.0 Å². The minimum absolute atomic E-state index is 0.120. The zero-order chi connectivity index (χ0) is 22.5. The predicted molar refractivity (Wildman–Crippen MR) is 128 cm³/mol. The van der Waals surface area contributed by atoms with Gasteiger partial charge in [0.05, 0.1) is 5.75 Å². The maximum atomic E-state index is 12.9. The van der Waals surface area contributed by atoms with E-state index in [4.69, 9.17) is 0 Å². The molecule has 6 heteroatoms. The molecule has 2 aromatic carbocycles. The lowest BCUT2D eigenvalue weighted by molar-refractivity contribution is -0.131. The van der Waals surface area contributed by atoms with Crippen LogP contribution in [0.5, 0.6) is 0 Å². The van der Waals surface area contributed by atoms with Crippen molar-refractivity contribution in [2.45, 2.75) is 65.2 Å². The summed E-state index contributed by atoms with van der Waals surface area (Å²) < 4.78 is 2.09. The average molecular weight is 437 g/mol. The van der Waals surface area contributed by atoms with Gasteiger partial charge in [0.2, 0.25) is 5.91 Å². The first-order valence-corrected chi connectivity index (χ1v) is 11.8. The van der Waals surface area contributed by atoms with Gasteiger partial charge in [-0.05, 0) is 70.4 Å². The van der Waals surface area contributed by atoms with E-state index in [1.54, 1.807) is 0 Å². The molecular weight excluding hydrogens is 404 g/mol. The lowest BCUT2D eigenvalue weighted by Gasteiger charge is -2.30. The number of nitrogens with zero attached hydrogens (tertiary/aromatic N) is 4. The normalized spacial score (nSPS) is 11.4. The first-order valence-electron chi connectivity index (χ1n) is 10.8. The van der Waals surface area contributed by atoms with Gasteiger partial charge >= 0.3 is 0 Å². The maximum Gasteiger partial charge on any atom is 0.233 e. The number of thioether (sulfide) groups is 1. The van der Waals surface area contributed by atoms with E-state index in [1.807, 2.05) is 23.1 Å². The second-order valence-electron chi connectivity index (χ2n) is 8.44. The third-order valence-electron chi connectivity index (χ3n) is 5.38. The van der Waals surface area contributed by atoms with E-state index < -0.39 is 0 Å². The molecule has 0 aliphatic rings. The Kier molecular flexibility index (Phi) is 7.55. The molecule has 0 spiro atoms. The van der Waals surface area contributed by atoms with E-state index in [0.29, 0.717) is 12.2 Å². The molecular formula is C25H32N4OS. The van der Waals surface area contributed by atoms with Crippen LogP contribution in [0.25, 0.3) is 5.69 Å². The Balaban J connectivity index is 1.92. The fourth-order valence-electron chi connectivity index (χ4n) is 3.78. The quantitative estimate of drug-likeness (QED) is 0.455. The molecule has 0 unspecified atom stereocenters. The fourth-order valence-corrected chi connectivity index (χ4v) is 4.62. The standard InChI is InChI=1S/C25H32N4OS/c1-17(2)28(18(3)4)24(30)16-31-25-27-26-23(15-21-10-8-7-9-11-21)29(25)22-13-12-19(5)20(6)14-22/h7-14,17-18H,15-16H2,1-6H3. The summed E-state index contributed by atoms with van der Waals surface area (Å²) in [7, 11) is 0. The van der Waals surface area contributed by atoms with Crippen LogP contribution in [-0.2, 0) is 11.2 Å². The van der Waals surface area contributed by atoms with Gasteiger partial charge in [-0.25, -0.2) is 0 Å². The summed E-state index contributed by atoms with van der Waals surface area (Å²) in [5.41, 5.74) is 4.67. The van der Waals surface area contributed by atoms with E-state index in [2.05, 4.69) is 86.6 Å². The van der Waals surface area contributed by atoms with Crippen molar-refractivity contribution in [2.24, 2.45) is 0 Å². The van der Waals surface area contributed by atoms with Crippen LogP contribution in [-0.4, -0.2) is 43.4 Å². The molecule has 31 heavy (non-hydrogen) atoms. The van der Waals surface area contributed by atoms with Crippen molar-refractivity contribution in [2.75, 3.05) is 5.75 Å². The van der Waals surface area contributed by atoms with Crippen LogP contribution in [0.4, 0.5) is 0 Å². The molecule has 3 rings (SSSR count). The number of carbonyl (C=O) groups excluding carboxylic acids is 1. The molecule has 3 aromatic rings. The van der Waals surface area contributed by atoms with Crippen molar-refractivity contribution in [1.82, 2.24) is 19.7 Å². The molecule has 0 saturated heterocycles. The highest BCUT2D eigenvalue weighted by molar-refractivity contribution is 7.99. The number of benzene rings is 2. The zero-order valence-corrected chi connectivity index (χ0v) is 20.1. The van der Waals surface area contributed by atoms with Crippen LogP contribution >= 0.6 is 11.8 Å². The van der Waals surface area contributed by atoms with Crippen LogP contribution in [0.2, 0.25) is 0 Å². The molecule has 5 nitrogen and oxygen atoms in total. The highest BCUT2D eigenvalue weighted by Crippen LogP contribution is 2.25. The van der Waals surface area contributed by atoms with Gasteiger partial charge in [-0.1, -0.05) is 48.2 Å². The van der Waals surface area contributed by atoms with Crippen molar-refractivity contribution in [3.63, 3.8) is 0 Å². The summed E-state index contributed by atoms with van der Waals surface area (Å²) in [5, 5.41) is 9.71. The van der Waals surface area contributed by atoms with Gasteiger partial charge < -0.3 is 4.90 Å². The Morgan fingerprint density at radius 1 is 0.968 bits per heavy atom. The van der Waals surface area contributed by atoms with Gasteiger partial charge in [0.25, 0.3) is 0 Å². The van der Waals surface area contributed by atoms with Gasteiger partial charge in [-0.2, -0.15) is 0 Å². The summed E-state index contributed by atoms with van der Waals surface area (Å²) in [5.74, 6) is 1.33. The maximum absolute atomic E-state index is 12.9. The van der Waals surface area contributed by atoms with Crippen molar-refractivity contribution < 1.29 is 4.79 Å². The lowest BCUT2D eigenvalue weighted by atomic mass is 10.1. The van der Waals surface area contributed by atoms with Gasteiger partial charge in [0.1, 0.15) is 5.82 Å². The molecule has 0 atom stereocenters. The number of hydrogen-bond acceptors (Lipinski definition) is 4. The molecule has 164 valence electrons. The number of aryl methyl sites for hydroxylation is 2. The second-order valence-corrected chi connectivity index (χ2v) is 9.38. The summed E-state index contributed by atoms with van der Waals surface area (Å²) in [6, 6.07) is 17.0. The van der Waals surface area contributed by atoms with E-state index in [9.17, 15) is 4.79 Å². The molecule has 0 N–H and O–H groups in total. The summed E-state index contributed by atoms with van der Waals surface area (Å²) >= 11 is 1.45. The van der Waals surface area contributed by atoms with Crippen LogP contribution in [0.3, 0.4) is 0 Å². The van der Waals surface area contributed by atoms with Crippen LogP contribution < -0.4 is 0 Å².